The highest BCUT2D eigenvalue weighted by Crippen LogP contribution is 2.32. The fourth-order valence-electron chi connectivity index (χ4n) is 5.04. The number of nitrogens with one attached hydrogen (secondary N) is 2. The zero-order valence-corrected chi connectivity index (χ0v) is 22.7. The van der Waals surface area contributed by atoms with Gasteiger partial charge in [-0.15, -0.1) is 0 Å². The van der Waals surface area contributed by atoms with Gasteiger partial charge in [-0.3, -0.25) is 9.78 Å². The van der Waals surface area contributed by atoms with Gasteiger partial charge >= 0.3 is 5.97 Å². The Balaban J connectivity index is 1.36. The molecule has 9 heteroatoms. The Labute approximate surface area is 245 Å². The molecule has 0 saturated heterocycles. The number of anilines is 2. The normalized spacial score (nSPS) is 10.9. The summed E-state index contributed by atoms with van der Waals surface area (Å²) in [5, 5.41) is 26.3. The minimum atomic E-state index is -1.02. The second-order valence-corrected chi connectivity index (χ2v) is 10.0. The lowest BCUT2D eigenvalue weighted by Crippen LogP contribution is -2.23. The van der Waals surface area contributed by atoms with E-state index in [1.807, 2.05) is 59.3 Å². The van der Waals surface area contributed by atoms with Crippen LogP contribution in [0, 0.1) is 17.1 Å². The molecule has 0 spiro atoms. The van der Waals surface area contributed by atoms with E-state index in [-0.39, 0.29) is 23.6 Å². The third-order valence-electron chi connectivity index (χ3n) is 7.12. The summed E-state index contributed by atoms with van der Waals surface area (Å²) < 4.78 is 16.1. The summed E-state index contributed by atoms with van der Waals surface area (Å²) in [5.74, 6) is -1.87. The van der Waals surface area contributed by atoms with Gasteiger partial charge in [0.15, 0.2) is 0 Å². The van der Waals surface area contributed by atoms with Gasteiger partial charge < -0.3 is 20.3 Å². The molecule has 3 N–H and O–H groups in total. The van der Waals surface area contributed by atoms with E-state index in [0.717, 1.165) is 33.6 Å². The molecule has 0 fully saturated rings. The van der Waals surface area contributed by atoms with Gasteiger partial charge in [0, 0.05) is 34.9 Å². The average Bonchev–Trinajstić information content (AvgIpc) is 3.43. The Morgan fingerprint density at radius 1 is 0.953 bits per heavy atom. The molecule has 2 aromatic heterocycles. The predicted octanol–water partition coefficient (Wildman–Crippen LogP) is 6.62. The van der Waals surface area contributed by atoms with Gasteiger partial charge in [0.05, 0.1) is 46.0 Å². The number of hydrogen-bond donors (Lipinski definition) is 3. The summed E-state index contributed by atoms with van der Waals surface area (Å²) in [6.07, 6.45) is 1.88. The topological polar surface area (TPSA) is 120 Å². The van der Waals surface area contributed by atoms with Gasteiger partial charge in [-0.05, 0) is 66.2 Å². The number of aromatic nitrogens is 2. The molecule has 43 heavy (non-hydrogen) atoms. The molecule has 0 saturated carbocycles. The highest BCUT2D eigenvalue weighted by atomic mass is 19.1. The predicted molar refractivity (Wildman–Crippen MR) is 162 cm³/mol. The lowest BCUT2D eigenvalue weighted by atomic mass is 10.1. The zero-order valence-electron chi connectivity index (χ0n) is 22.7. The second-order valence-electron chi connectivity index (χ2n) is 10.0. The monoisotopic (exact) mass is 569 g/mol. The van der Waals surface area contributed by atoms with Crippen LogP contribution in [0.15, 0.2) is 103 Å². The van der Waals surface area contributed by atoms with E-state index in [0.29, 0.717) is 29.0 Å². The Hall–Kier alpha value is -6.01. The van der Waals surface area contributed by atoms with Crippen LogP contribution < -0.4 is 10.6 Å². The molecule has 0 aliphatic carbocycles. The summed E-state index contributed by atoms with van der Waals surface area (Å²) in [6, 6.07) is 29.4. The number of para-hydroxylation sites is 1. The number of amides is 1. The van der Waals surface area contributed by atoms with Crippen molar-refractivity contribution in [2.24, 2.45) is 0 Å². The smallest absolute Gasteiger partial charge is 0.335 e. The van der Waals surface area contributed by atoms with Crippen LogP contribution in [0.1, 0.15) is 37.5 Å². The number of pyridine rings is 1. The number of rotatable bonds is 8. The number of halogens is 1. The number of carbonyl (C=O) groups is 2. The zero-order chi connectivity index (χ0) is 29.9. The fourth-order valence-corrected chi connectivity index (χ4v) is 5.04. The maximum absolute atomic E-state index is 14.2. The molecule has 0 unspecified atom stereocenters. The number of carboxylic acid groups (broad SMARTS) is 1. The molecule has 6 rings (SSSR count). The minimum Gasteiger partial charge on any atom is -0.478 e. The van der Waals surface area contributed by atoms with Gasteiger partial charge in [-0.1, -0.05) is 36.4 Å². The van der Waals surface area contributed by atoms with Crippen molar-refractivity contribution >= 4 is 45.1 Å². The summed E-state index contributed by atoms with van der Waals surface area (Å²) in [7, 11) is 0. The molecule has 0 aliphatic rings. The number of nitrogens with zero attached hydrogens (tertiary/aromatic N) is 3. The van der Waals surface area contributed by atoms with Crippen molar-refractivity contribution in [1.29, 1.82) is 5.26 Å². The van der Waals surface area contributed by atoms with Crippen LogP contribution in [-0.2, 0) is 13.1 Å². The summed E-state index contributed by atoms with van der Waals surface area (Å²) >= 11 is 0. The van der Waals surface area contributed by atoms with Crippen molar-refractivity contribution in [3.05, 3.63) is 137 Å². The largest absolute Gasteiger partial charge is 0.478 e. The molecule has 0 bridgehead atoms. The minimum absolute atomic E-state index is 0.167. The standard InChI is InChI=1S/C34H24FN5O3/c35-25-15-22(18-36)16-27(17-25)39-31-12-11-29(33(41)37-19-21-5-7-24(8-6-21)34(42)43)32-28(31)13-14-40(32)20-26-10-9-23-3-1-2-4-30(23)38-26/h1-17,39H,19-20H2,(H,37,41)(H,42,43). The molecule has 0 aliphatic heterocycles. The SMILES string of the molecule is N#Cc1cc(F)cc(Nc2ccc(C(=O)NCc3ccc(C(=O)O)cc3)c3c2ccn3Cc2ccc3ccccc3n2)c1. The summed E-state index contributed by atoms with van der Waals surface area (Å²) in [6.45, 7) is 0.598. The van der Waals surface area contributed by atoms with Gasteiger partial charge in [0.25, 0.3) is 5.91 Å². The second kappa shape index (κ2) is 11.5. The van der Waals surface area contributed by atoms with Crippen LogP contribution in [0.4, 0.5) is 15.8 Å². The number of benzene rings is 4. The van der Waals surface area contributed by atoms with E-state index < -0.39 is 11.8 Å². The van der Waals surface area contributed by atoms with Gasteiger partial charge in [-0.25, -0.2) is 9.18 Å². The average molecular weight is 570 g/mol. The molecule has 8 nitrogen and oxygen atoms in total. The van der Waals surface area contributed by atoms with E-state index in [4.69, 9.17) is 10.1 Å². The third-order valence-corrected chi connectivity index (χ3v) is 7.12. The van der Waals surface area contributed by atoms with E-state index in [9.17, 15) is 19.2 Å². The number of aromatic carboxylic acids is 1. The first-order chi connectivity index (χ1) is 20.9. The van der Waals surface area contributed by atoms with Crippen molar-refractivity contribution in [3.63, 3.8) is 0 Å². The molecule has 2 heterocycles. The van der Waals surface area contributed by atoms with E-state index in [1.54, 1.807) is 30.3 Å². The first kappa shape index (κ1) is 27.2. The number of nitriles is 1. The van der Waals surface area contributed by atoms with E-state index in [2.05, 4.69) is 10.6 Å². The molecule has 210 valence electrons. The molecule has 0 atom stereocenters. The molecular weight excluding hydrogens is 545 g/mol. The van der Waals surface area contributed by atoms with Gasteiger partial charge in [0.2, 0.25) is 0 Å². The van der Waals surface area contributed by atoms with Gasteiger partial charge in [-0.2, -0.15) is 5.26 Å². The van der Waals surface area contributed by atoms with Crippen LogP contribution in [0.2, 0.25) is 0 Å². The Morgan fingerprint density at radius 3 is 2.56 bits per heavy atom. The third kappa shape index (κ3) is 5.76. The molecule has 4 aromatic carbocycles. The maximum atomic E-state index is 14.2. The van der Waals surface area contributed by atoms with E-state index in [1.165, 1.54) is 18.2 Å². The first-order valence-electron chi connectivity index (χ1n) is 13.4. The molecule has 0 radical (unpaired) electrons. The van der Waals surface area contributed by atoms with E-state index >= 15 is 0 Å². The lowest BCUT2D eigenvalue weighted by molar-refractivity contribution is 0.0696. The highest BCUT2D eigenvalue weighted by molar-refractivity contribution is 6.09. The lowest BCUT2D eigenvalue weighted by Gasteiger charge is -2.14. The van der Waals surface area contributed by atoms with Crippen LogP contribution in [-0.4, -0.2) is 26.5 Å². The van der Waals surface area contributed by atoms with Crippen molar-refractivity contribution in [2.45, 2.75) is 13.1 Å². The first-order valence-corrected chi connectivity index (χ1v) is 13.4. The Bertz CT molecular complexity index is 2060. The van der Waals surface area contributed by atoms with Crippen LogP contribution in [0.3, 0.4) is 0 Å². The molecule has 6 aromatic rings. The summed E-state index contributed by atoms with van der Waals surface area (Å²) in [4.78, 5) is 29.5. The number of carbonyl (C=O) groups excluding carboxylic acids is 1. The van der Waals surface area contributed by atoms with Crippen molar-refractivity contribution in [2.75, 3.05) is 5.32 Å². The Kier molecular flexibility index (Phi) is 7.25. The molecular formula is C34H24FN5O3. The Morgan fingerprint density at radius 2 is 1.77 bits per heavy atom. The van der Waals surface area contributed by atoms with Gasteiger partial charge in [0.1, 0.15) is 5.82 Å². The fraction of sp³-hybridized carbons (Fsp3) is 0.0588. The highest BCUT2D eigenvalue weighted by Gasteiger charge is 2.18. The quantitative estimate of drug-likeness (QED) is 0.190. The van der Waals surface area contributed by atoms with Crippen molar-refractivity contribution in [3.8, 4) is 6.07 Å². The maximum Gasteiger partial charge on any atom is 0.335 e. The van der Waals surface area contributed by atoms with Crippen LogP contribution in [0.25, 0.3) is 21.8 Å². The number of hydrogen-bond acceptors (Lipinski definition) is 5. The van der Waals surface area contributed by atoms with Crippen molar-refractivity contribution < 1.29 is 19.1 Å². The van der Waals surface area contributed by atoms with Crippen LogP contribution in [0.5, 0.6) is 0 Å². The van der Waals surface area contributed by atoms with Crippen molar-refractivity contribution in [1.82, 2.24) is 14.9 Å². The number of carboxylic acids is 1. The number of fused-ring (bicyclic) bond motifs is 2. The van der Waals surface area contributed by atoms with Crippen LogP contribution >= 0.6 is 0 Å². The summed E-state index contributed by atoms with van der Waals surface area (Å²) in [5.41, 5.74) is 4.89. The molecule has 1 amide bonds.